The molecule has 5 heteroatoms. The Morgan fingerprint density at radius 1 is 1.27 bits per heavy atom. The number of aromatic nitrogens is 1. The molecule has 5 nitrogen and oxygen atoms in total. The summed E-state index contributed by atoms with van der Waals surface area (Å²) in [7, 11) is 1.65. The number of hydrogen-bond donors (Lipinski definition) is 2. The molecule has 1 amide bonds. The van der Waals surface area contributed by atoms with E-state index >= 15 is 0 Å². The molecule has 0 unspecified atom stereocenters. The number of amides is 1. The Hall–Kier alpha value is -2.56. The van der Waals surface area contributed by atoms with Gasteiger partial charge in [-0.15, -0.1) is 0 Å². The number of nitrogens with zero attached hydrogens (tertiary/aromatic N) is 1. The Balaban J connectivity index is 2.03. The number of carbonyl (C=O) groups is 1. The normalized spacial score (nSPS) is 10.1. The molecule has 0 saturated heterocycles. The maximum atomic E-state index is 11.9. The van der Waals surface area contributed by atoms with E-state index in [1.807, 2.05) is 31.2 Å². The summed E-state index contributed by atoms with van der Waals surface area (Å²) in [4.78, 5) is 16.0. The zero-order valence-electron chi connectivity index (χ0n) is 12.9. The molecule has 0 bridgehead atoms. The molecule has 1 aromatic carbocycles. The van der Waals surface area contributed by atoms with Gasteiger partial charge in [-0.1, -0.05) is 25.1 Å². The second-order valence-corrected chi connectivity index (χ2v) is 4.88. The third kappa shape index (κ3) is 4.22. The highest BCUT2D eigenvalue weighted by molar-refractivity contribution is 5.94. The largest absolute Gasteiger partial charge is 0.496 e. The number of anilines is 1. The number of carbonyl (C=O) groups excluding carboxylic acids is 1. The quantitative estimate of drug-likeness (QED) is 0.825. The molecule has 0 fully saturated rings. The molecule has 1 aromatic heterocycles. The Morgan fingerprint density at radius 2 is 2.09 bits per heavy atom. The summed E-state index contributed by atoms with van der Waals surface area (Å²) in [6.07, 6.45) is 4.18. The zero-order valence-corrected chi connectivity index (χ0v) is 12.9. The zero-order chi connectivity index (χ0) is 15.8. The first kappa shape index (κ1) is 15.8. The van der Waals surface area contributed by atoms with Gasteiger partial charge in [0, 0.05) is 31.0 Å². The summed E-state index contributed by atoms with van der Waals surface area (Å²) < 4.78 is 5.32. The first-order chi connectivity index (χ1) is 10.7. The maximum Gasteiger partial charge on any atom is 0.252 e. The number of benzene rings is 1. The molecule has 2 aromatic rings. The van der Waals surface area contributed by atoms with Gasteiger partial charge < -0.3 is 15.4 Å². The highest BCUT2D eigenvalue weighted by Crippen LogP contribution is 2.19. The van der Waals surface area contributed by atoms with Crippen LogP contribution in [0.2, 0.25) is 0 Å². The second-order valence-electron chi connectivity index (χ2n) is 4.88. The maximum absolute atomic E-state index is 11.9. The Morgan fingerprint density at radius 3 is 2.86 bits per heavy atom. The van der Waals surface area contributed by atoms with Gasteiger partial charge in [-0.3, -0.25) is 9.78 Å². The van der Waals surface area contributed by atoms with Crippen LogP contribution in [-0.2, 0) is 6.54 Å². The lowest BCUT2D eigenvalue weighted by atomic mass is 10.2. The number of para-hydroxylation sites is 1. The fourth-order valence-electron chi connectivity index (χ4n) is 2.05. The van der Waals surface area contributed by atoms with E-state index in [0.29, 0.717) is 18.7 Å². The fraction of sp³-hybridized carbons (Fsp3) is 0.294. The molecule has 2 rings (SSSR count). The Bertz CT molecular complexity index is 629. The molecular formula is C17H21N3O2. The topological polar surface area (TPSA) is 63.2 Å². The van der Waals surface area contributed by atoms with Crippen LogP contribution in [0.4, 0.5) is 5.69 Å². The van der Waals surface area contributed by atoms with Gasteiger partial charge in [-0.2, -0.15) is 0 Å². The lowest BCUT2D eigenvalue weighted by Gasteiger charge is -2.11. The molecule has 0 radical (unpaired) electrons. The summed E-state index contributed by atoms with van der Waals surface area (Å²) in [5, 5.41) is 6.11. The predicted octanol–water partition coefficient (Wildman–Crippen LogP) is 2.84. The van der Waals surface area contributed by atoms with Gasteiger partial charge in [0.2, 0.25) is 0 Å². The van der Waals surface area contributed by atoms with E-state index in [4.69, 9.17) is 4.74 Å². The van der Waals surface area contributed by atoms with Crippen molar-refractivity contribution >= 4 is 11.6 Å². The summed E-state index contributed by atoms with van der Waals surface area (Å²) in [6, 6.07) is 9.61. The van der Waals surface area contributed by atoms with E-state index in [1.165, 1.54) is 0 Å². The predicted molar refractivity (Wildman–Crippen MR) is 87.2 cm³/mol. The van der Waals surface area contributed by atoms with Gasteiger partial charge in [-0.05, 0) is 18.6 Å². The van der Waals surface area contributed by atoms with Crippen LogP contribution in [0.15, 0.2) is 42.7 Å². The van der Waals surface area contributed by atoms with Crippen LogP contribution < -0.4 is 15.4 Å². The van der Waals surface area contributed by atoms with Crippen molar-refractivity contribution in [2.45, 2.75) is 19.9 Å². The fourth-order valence-corrected chi connectivity index (χ4v) is 2.05. The van der Waals surface area contributed by atoms with E-state index in [9.17, 15) is 4.79 Å². The van der Waals surface area contributed by atoms with Gasteiger partial charge in [0.05, 0.1) is 18.4 Å². The van der Waals surface area contributed by atoms with E-state index in [1.54, 1.807) is 25.6 Å². The number of hydrogen-bond acceptors (Lipinski definition) is 4. The number of nitrogens with one attached hydrogen (secondary N) is 2. The third-order valence-electron chi connectivity index (χ3n) is 3.21. The van der Waals surface area contributed by atoms with Crippen LogP contribution in [0.25, 0.3) is 0 Å². The van der Waals surface area contributed by atoms with Crippen LogP contribution in [-0.4, -0.2) is 24.5 Å². The minimum absolute atomic E-state index is 0.102. The van der Waals surface area contributed by atoms with Crippen molar-refractivity contribution < 1.29 is 9.53 Å². The first-order valence-corrected chi connectivity index (χ1v) is 7.33. The van der Waals surface area contributed by atoms with E-state index in [-0.39, 0.29) is 5.91 Å². The highest BCUT2D eigenvalue weighted by Gasteiger charge is 2.07. The summed E-state index contributed by atoms with van der Waals surface area (Å²) in [5.74, 6) is 0.732. The number of methoxy groups -OCH3 is 1. The van der Waals surface area contributed by atoms with Crippen molar-refractivity contribution in [1.29, 1.82) is 0 Å². The SMILES string of the molecule is CCCNC(=O)c1cncc(NCc2ccccc2OC)c1. The Kier molecular flexibility index (Phi) is 5.77. The molecule has 0 atom stereocenters. The van der Waals surface area contributed by atoms with E-state index < -0.39 is 0 Å². The van der Waals surface area contributed by atoms with Gasteiger partial charge in [-0.25, -0.2) is 0 Å². The molecule has 116 valence electrons. The van der Waals surface area contributed by atoms with Crippen molar-refractivity contribution in [2.75, 3.05) is 19.0 Å². The summed E-state index contributed by atoms with van der Waals surface area (Å²) in [5.41, 5.74) is 2.40. The summed E-state index contributed by atoms with van der Waals surface area (Å²) in [6.45, 7) is 3.28. The van der Waals surface area contributed by atoms with Crippen molar-refractivity contribution in [1.82, 2.24) is 10.3 Å². The van der Waals surface area contributed by atoms with Crippen molar-refractivity contribution in [3.63, 3.8) is 0 Å². The van der Waals surface area contributed by atoms with Gasteiger partial charge in [0.25, 0.3) is 5.91 Å². The van der Waals surface area contributed by atoms with Gasteiger partial charge in [0.15, 0.2) is 0 Å². The molecule has 0 aliphatic rings. The molecule has 22 heavy (non-hydrogen) atoms. The lowest BCUT2D eigenvalue weighted by Crippen LogP contribution is -2.24. The van der Waals surface area contributed by atoms with Crippen LogP contribution in [0, 0.1) is 0 Å². The summed E-state index contributed by atoms with van der Waals surface area (Å²) >= 11 is 0. The number of pyridine rings is 1. The smallest absolute Gasteiger partial charge is 0.252 e. The van der Waals surface area contributed by atoms with E-state index in [0.717, 1.165) is 23.4 Å². The van der Waals surface area contributed by atoms with Crippen LogP contribution >= 0.6 is 0 Å². The molecule has 0 spiro atoms. The standard InChI is InChI=1S/C17H21N3O2/c1-3-8-19-17(21)14-9-15(12-18-10-14)20-11-13-6-4-5-7-16(13)22-2/h4-7,9-10,12,20H,3,8,11H2,1-2H3,(H,19,21). The minimum atomic E-state index is -0.102. The van der Waals surface area contributed by atoms with Crippen molar-refractivity contribution in [3.05, 3.63) is 53.9 Å². The minimum Gasteiger partial charge on any atom is -0.496 e. The molecule has 2 N–H and O–H groups in total. The van der Waals surface area contributed by atoms with Crippen LogP contribution in [0.3, 0.4) is 0 Å². The first-order valence-electron chi connectivity index (χ1n) is 7.33. The van der Waals surface area contributed by atoms with Crippen LogP contribution in [0.1, 0.15) is 29.3 Å². The average Bonchev–Trinajstić information content (AvgIpc) is 2.58. The van der Waals surface area contributed by atoms with E-state index in [2.05, 4.69) is 15.6 Å². The number of ether oxygens (including phenoxy) is 1. The monoisotopic (exact) mass is 299 g/mol. The lowest BCUT2D eigenvalue weighted by molar-refractivity contribution is 0.0953. The molecule has 1 heterocycles. The average molecular weight is 299 g/mol. The molecule has 0 aliphatic heterocycles. The molecule has 0 aliphatic carbocycles. The number of rotatable bonds is 7. The molecule has 0 saturated carbocycles. The second kappa shape index (κ2) is 8.02. The van der Waals surface area contributed by atoms with Gasteiger partial charge in [0.1, 0.15) is 5.75 Å². The van der Waals surface area contributed by atoms with Crippen LogP contribution in [0.5, 0.6) is 5.75 Å². The highest BCUT2D eigenvalue weighted by atomic mass is 16.5. The van der Waals surface area contributed by atoms with Crippen molar-refractivity contribution in [2.24, 2.45) is 0 Å². The Labute approximate surface area is 130 Å². The molecular weight excluding hydrogens is 278 g/mol. The third-order valence-corrected chi connectivity index (χ3v) is 3.21. The van der Waals surface area contributed by atoms with Crippen molar-refractivity contribution in [3.8, 4) is 5.75 Å². The van der Waals surface area contributed by atoms with Gasteiger partial charge >= 0.3 is 0 Å².